The van der Waals surface area contributed by atoms with E-state index in [4.69, 9.17) is 9.47 Å². The van der Waals surface area contributed by atoms with E-state index in [1.165, 1.54) is 0 Å². The number of nitrogens with one attached hydrogen (secondary N) is 1. The summed E-state index contributed by atoms with van der Waals surface area (Å²) < 4.78 is 34.9. The van der Waals surface area contributed by atoms with Crippen molar-refractivity contribution in [2.45, 2.75) is 38.8 Å². The molecule has 1 aromatic carbocycles. The molecule has 0 radical (unpaired) electrons. The average Bonchev–Trinajstić information content (AvgIpc) is 2.59. The van der Waals surface area contributed by atoms with Crippen LogP contribution in [0.25, 0.3) is 0 Å². The average molecular weight is 342 g/mol. The van der Waals surface area contributed by atoms with Crippen molar-refractivity contribution in [1.82, 2.24) is 10.2 Å². The monoisotopic (exact) mass is 342 g/mol. The van der Waals surface area contributed by atoms with E-state index in [1.54, 1.807) is 23.1 Å². The van der Waals surface area contributed by atoms with Gasteiger partial charge in [0.15, 0.2) is 0 Å². The standard InChI is InChI=1S/C17H24F2N2O3/c1-2-23-15-7-4-8-21(11-15)17(22)20-10-13-5-3-6-14(9-13)24-12-16(18)19/h3,5-6,9,15-16H,2,4,7-8,10-12H2,1H3,(H,20,22). The Morgan fingerprint density at radius 1 is 1.46 bits per heavy atom. The summed E-state index contributed by atoms with van der Waals surface area (Å²) in [7, 11) is 0. The third-order valence-corrected chi connectivity index (χ3v) is 3.79. The molecule has 1 aromatic rings. The zero-order chi connectivity index (χ0) is 17.4. The number of benzene rings is 1. The number of carbonyl (C=O) groups is 1. The van der Waals surface area contributed by atoms with Crippen molar-refractivity contribution in [3.63, 3.8) is 0 Å². The molecular weight excluding hydrogens is 318 g/mol. The van der Waals surface area contributed by atoms with Gasteiger partial charge in [0, 0.05) is 26.2 Å². The van der Waals surface area contributed by atoms with E-state index in [2.05, 4.69) is 5.32 Å². The van der Waals surface area contributed by atoms with Crippen molar-refractivity contribution in [3.8, 4) is 5.75 Å². The highest BCUT2D eigenvalue weighted by atomic mass is 19.3. The molecule has 1 N–H and O–H groups in total. The lowest BCUT2D eigenvalue weighted by Gasteiger charge is -2.32. The Hall–Kier alpha value is -1.89. The minimum Gasteiger partial charge on any atom is -0.488 e. The lowest BCUT2D eigenvalue weighted by molar-refractivity contribution is 0.0164. The molecule has 0 spiro atoms. The molecule has 5 nitrogen and oxygen atoms in total. The van der Waals surface area contributed by atoms with Crippen LogP contribution in [-0.2, 0) is 11.3 Å². The number of hydrogen-bond acceptors (Lipinski definition) is 3. The van der Waals surface area contributed by atoms with Gasteiger partial charge in [-0.1, -0.05) is 12.1 Å². The van der Waals surface area contributed by atoms with Crippen molar-refractivity contribution in [2.75, 3.05) is 26.3 Å². The fourth-order valence-corrected chi connectivity index (χ4v) is 2.69. The second-order valence-electron chi connectivity index (χ2n) is 5.67. The molecule has 1 heterocycles. The number of urea groups is 1. The largest absolute Gasteiger partial charge is 0.488 e. The Morgan fingerprint density at radius 3 is 3.04 bits per heavy atom. The van der Waals surface area contributed by atoms with Gasteiger partial charge in [0.05, 0.1) is 6.10 Å². The van der Waals surface area contributed by atoms with E-state index < -0.39 is 13.0 Å². The van der Waals surface area contributed by atoms with Crippen molar-refractivity contribution in [1.29, 1.82) is 0 Å². The number of ether oxygens (including phenoxy) is 2. The first-order valence-electron chi connectivity index (χ1n) is 8.22. The lowest BCUT2D eigenvalue weighted by atomic mass is 10.1. The summed E-state index contributed by atoms with van der Waals surface area (Å²) in [6.45, 7) is 3.58. The second-order valence-corrected chi connectivity index (χ2v) is 5.67. The molecule has 1 unspecified atom stereocenters. The van der Waals surface area contributed by atoms with E-state index in [1.807, 2.05) is 13.0 Å². The highest BCUT2D eigenvalue weighted by Gasteiger charge is 2.23. The normalized spacial score (nSPS) is 17.8. The number of carbonyl (C=O) groups excluding carboxylic acids is 1. The first-order chi connectivity index (χ1) is 11.6. The number of alkyl halides is 2. The number of rotatable bonds is 7. The van der Waals surface area contributed by atoms with Gasteiger partial charge in [-0.25, -0.2) is 13.6 Å². The molecule has 0 bridgehead atoms. The maximum Gasteiger partial charge on any atom is 0.317 e. The summed E-state index contributed by atoms with van der Waals surface area (Å²) >= 11 is 0. The van der Waals surface area contributed by atoms with Crippen LogP contribution in [0.3, 0.4) is 0 Å². The van der Waals surface area contributed by atoms with Crippen molar-refractivity contribution >= 4 is 6.03 Å². The van der Waals surface area contributed by atoms with Crippen LogP contribution in [0, 0.1) is 0 Å². The summed E-state index contributed by atoms with van der Waals surface area (Å²) in [5.74, 6) is 0.372. The second kappa shape index (κ2) is 9.42. The Morgan fingerprint density at radius 2 is 2.29 bits per heavy atom. The molecule has 1 saturated heterocycles. The molecule has 134 valence electrons. The van der Waals surface area contributed by atoms with Gasteiger partial charge in [0.2, 0.25) is 0 Å². The van der Waals surface area contributed by atoms with E-state index >= 15 is 0 Å². The minimum atomic E-state index is -2.51. The Balaban J connectivity index is 1.81. The van der Waals surface area contributed by atoms with E-state index in [-0.39, 0.29) is 12.1 Å². The van der Waals surface area contributed by atoms with Crippen molar-refractivity contribution in [3.05, 3.63) is 29.8 Å². The number of likely N-dealkylation sites (tertiary alicyclic amines) is 1. The number of amides is 2. The highest BCUT2D eigenvalue weighted by molar-refractivity contribution is 5.74. The molecule has 1 fully saturated rings. The van der Waals surface area contributed by atoms with Gasteiger partial charge in [0.1, 0.15) is 12.4 Å². The quantitative estimate of drug-likeness (QED) is 0.829. The molecule has 1 atom stereocenters. The molecular formula is C17H24F2N2O3. The molecule has 0 saturated carbocycles. The maximum atomic E-state index is 12.3. The summed E-state index contributed by atoms with van der Waals surface area (Å²) in [5.41, 5.74) is 0.800. The fraction of sp³-hybridized carbons (Fsp3) is 0.588. The first-order valence-corrected chi connectivity index (χ1v) is 8.22. The van der Waals surface area contributed by atoms with Crippen molar-refractivity contribution < 1.29 is 23.0 Å². The van der Waals surface area contributed by atoms with E-state index in [0.29, 0.717) is 32.0 Å². The van der Waals surface area contributed by atoms with Gasteiger partial charge < -0.3 is 19.7 Å². The summed E-state index contributed by atoms with van der Waals surface area (Å²) in [5, 5.41) is 2.85. The number of hydrogen-bond donors (Lipinski definition) is 1. The van der Waals surface area contributed by atoms with Crippen LogP contribution in [0.4, 0.5) is 13.6 Å². The van der Waals surface area contributed by atoms with Gasteiger partial charge in [-0.3, -0.25) is 0 Å². The van der Waals surface area contributed by atoms with Gasteiger partial charge in [0.25, 0.3) is 6.43 Å². The van der Waals surface area contributed by atoms with Gasteiger partial charge in [-0.2, -0.15) is 0 Å². The van der Waals surface area contributed by atoms with Crippen LogP contribution in [0.2, 0.25) is 0 Å². The highest BCUT2D eigenvalue weighted by Crippen LogP contribution is 2.15. The van der Waals surface area contributed by atoms with Gasteiger partial charge in [-0.05, 0) is 37.5 Å². The van der Waals surface area contributed by atoms with Crippen LogP contribution in [0.1, 0.15) is 25.3 Å². The van der Waals surface area contributed by atoms with Crippen LogP contribution in [-0.4, -0.2) is 49.8 Å². The summed E-state index contributed by atoms with van der Waals surface area (Å²) in [4.78, 5) is 14.0. The van der Waals surface area contributed by atoms with Crippen LogP contribution in [0.5, 0.6) is 5.75 Å². The first kappa shape index (κ1) is 18.4. The predicted octanol–water partition coefficient (Wildman–Crippen LogP) is 3.04. The maximum absolute atomic E-state index is 12.3. The number of piperidine rings is 1. The smallest absolute Gasteiger partial charge is 0.317 e. The Bertz CT molecular complexity index is 526. The van der Waals surface area contributed by atoms with E-state index in [0.717, 1.165) is 18.4 Å². The lowest BCUT2D eigenvalue weighted by Crippen LogP contribution is -2.47. The SMILES string of the molecule is CCOC1CCCN(C(=O)NCc2cccc(OCC(F)F)c2)C1. The van der Waals surface area contributed by atoms with Gasteiger partial charge in [-0.15, -0.1) is 0 Å². The summed E-state index contributed by atoms with van der Waals surface area (Å²) in [6, 6.07) is 6.66. The van der Waals surface area contributed by atoms with Crippen molar-refractivity contribution in [2.24, 2.45) is 0 Å². The molecule has 24 heavy (non-hydrogen) atoms. The summed E-state index contributed by atoms with van der Waals surface area (Å²) in [6.07, 6.45) is -0.512. The zero-order valence-electron chi connectivity index (χ0n) is 13.8. The number of halogens is 2. The van der Waals surface area contributed by atoms with E-state index in [9.17, 15) is 13.6 Å². The van der Waals surface area contributed by atoms with Crippen LogP contribution in [0.15, 0.2) is 24.3 Å². The van der Waals surface area contributed by atoms with Gasteiger partial charge >= 0.3 is 6.03 Å². The molecule has 1 aliphatic rings. The molecule has 1 aliphatic heterocycles. The minimum absolute atomic E-state index is 0.0978. The predicted molar refractivity (Wildman–Crippen MR) is 86.4 cm³/mol. The third kappa shape index (κ3) is 5.96. The molecule has 2 amide bonds. The fourth-order valence-electron chi connectivity index (χ4n) is 2.69. The molecule has 7 heteroatoms. The van der Waals surface area contributed by atoms with Crippen LogP contribution >= 0.6 is 0 Å². The van der Waals surface area contributed by atoms with Crippen LogP contribution < -0.4 is 10.1 Å². The molecule has 2 rings (SSSR count). The number of nitrogens with zero attached hydrogens (tertiary/aromatic N) is 1. The third-order valence-electron chi connectivity index (χ3n) is 3.79. The topological polar surface area (TPSA) is 50.8 Å². The zero-order valence-corrected chi connectivity index (χ0v) is 13.8. The molecule has 0 aliphatic carbocycles. The Labute approximate surface area is 140 Å². The Kier molecular flexibility index (Phi) is 7.24. The molecule has 0 aromatic heterocycles.